The van der Waals surface area contributed by atoms with E-state index < -0.39 is 30.8 Å². The van der Waals surface area contributed by atoms with E-state index in [1.54, 1.807) is 18.2 Å². The summed E-state index contributed by atoms with van der Waals surface area (Å²) in [4.78, 5) is 31.0. The van der Waals surface area contributed by atoms with E-state index in [1.165, 1.54) is 0 Å². The molecule has 0 unspecified atom stereocenters. The van der Waals surface area contributed by atoms with Gasteiger partial charge in [0.2, 0.25) is 17.7 Å². The van der Waals surface area contributed by atoms with Crippen LogP contribution < -0.4 is 10.6 Å². The third-order valence-electron chi connectivity index (χ3n) is 6.27. The lowest BCUT2D eigenvalue weighted by Gasteiger charge is -2.20. The van der Waals surface area contributed by atoms with Crippen molar-refractivity contribution < 1.29 is 31.5 Å². The van der Waals surface area contributed by atoms with Crippen LogP contribution in [-0.2, 0) is 22.7 Å². The summed E-state index contributed by atoms with van der Waals surface area (Å²) in [6.07, 6.45) is -1.59. The van der Waals surface area contributed by atoms with E-state index in [0.29, 0.717) is 30.7 Å². The molecule has 2 saturated carbocycles. The monoisotopic (exact) mass is 502 g/mol. The first-order chi connectivity index (χ1) is 16.4. The molecule has 194 valence electrons. The normalized spacial score (nSPS) is 18.3. The summed E-state index contributed by atoms with van der Waals surface area (Å²) in [5, 5.41) is 5.34. The molecule has 1 heterocycles. The minimum atomic E-state index is -4.34. The van der Waals surface area contributed by atoms with Crippen LogP contribution in [0, 0.1) is 5.41 Å². The molecule has 1 aromatic heterocycles. The molecule has 0 spiro atoms. The number of fused-ring (bicyclic) bond motifs is 1. The van der Waals surface area contributed by atoms with Crippen molar-refractivity contribution in [2.75, 3.05) is 0 Å². The Balaban J connectivity index is 0.000000363. The molecule has 0 atom stereocenters. The van der Waals surface area contributed by atoms with Gasteiger partial charge in [-0.25, -0.2) is 13.8 Å². The van der Waals surface area contributed by atoms with Crippen molar-refractivity contribution in [2.24, 2.45) is 5.41 Å². The lowest BCUT2D eigenvalue weighted by molar-refractivity contribution is -0.144. The Labute approximate surface area is 200 Å². The number of amides is 2. The van der Waals surface area contributed by atoms with Crippen LogP contribution in [0.1, 0.15) is 76.1 Å². The number of alkyl halides is 5. The highest BCUT2D eigenvalue weighted by Gasteiger charge is 2.44. The average molecular weight is 503 g/mol. The van der Waals surface area contributed by atoms with Gasteiger partial charge in [-0.1, -0.05) is 19.4 Å². The van der Waals surface area contributed by atoms with Crippen molar-refractivity contribution in [1.29, 1.82) is 0 Å². The highest BCUT2D eigenvalue weighted by Crippen LogP contribution is 2.45. The van der Waals surface area contributed by atoms with Gasteiger partial charge in [0.1, 0.15) is 5.82 Å². The average Bonchev–Trinajstić information content (AvgIpc) is 3.40. The Bertz CT molecular complexity index is 1020. The zero-order valence-corrected chi connectivity index (χ0v) is 19.7. The summed E-state index contributed by atoms with van der Waals surface area (Å²) in [5.74, 6) is -2.33. The third kappa shape index (κ3) is 8.78. The van der Waals surface area contributed by atoms with Gasteiger partial charge in [0.15, 0.2) is 0 Å². The second kappa shape index (κ2) is 10.9. The van der Waals surface area contributed by atoms with Crippen LogP contribution in [0.3, 0.4) is 0 Å². The van der Waals surface area contributed by atoms with Gasteiger partial charge in [-0.2, -0.15) is 13.2 Å². The molecule has 2 aromatic rings. The first-order valence-electron chi connectivity index (χ1n) is 11.8. The molecular formula is C24H31F5N4O2. The number of rotatable bonds is 7. The van der Waals surface area contributed by atoms with Crippen molar-refractivity contribution in [1.82, 2.24) is 20.6 Å². The van der Waals surface area contributed by atoms with E-state index in [9.17, 15) is 31.5 Å². The van der Waals surface area contributed by atoms with Gasteiger partial charge in [-0.05, 0) is 43.4 Å². The largest absolute Gasteiger partial charge is 0.389 e. The highest BCUT2D eigenvalue weighted by molar-refractivity contribution is 5.84. The van der Waals surface area contributed by atoms with Gasteiger partial charge in [0, 0.05) is 31.2 Å². The molecule has 35 heavy (non-hydrogen) atoms. The topological polar surface area (TPSA) is 86.9 Å². The molecule has 0 aliphatic heterocycles. The molecule has 2 aliphatic rings. The lowest BCUT2D eigenvalue weighted by Crippen LogP contribution is -2.30. The van der Waals surface area contributed by atoms with Crippen LogP contribution in [0.2, 0.25) is 0 Å². The summed E-state index contributed by atoms with van der Waals surface area (Å²) >= 11 is 0. The van der Waals surface area contributed by atoms with E-state index in [4.69, 9.17) is 0 Å². The number of carbonyl (C=O) groups is 2. The summed E-state index contributed by atoms with van der Waals surface area (Å²) < 4.78 is 60.8. The SMILES string of the molecule is CC1(C(=O)NCc2nc3ccc(CNC(=O)CCC(F)(F)F)cc3[nH]2)CC1.FC1(F)CCCCC1. The van der Waals surface area contributed by atoms with Crippen LogP contribution in [0.25, 0.3) is 11.0 Å². The molecule has 6 nitrogen and oxygen atoms in total. The second-order valence-electron chi connectivity index (χ2n) is 9.59. The molecule has 1 aromatic carbocycles. The first kappa shape index (κ1) is 26.9. The van der Waals surface area contributed by atoms with E-state index in [2.05, 4.69) is 20.6 Å². The fourth-order valence-electron chi connectivity index (χ4n) is 3.71. The van der Waals surface area contributed by atoms with Crippen molar-refractivity contribution in [3.63, 3.8) is 0 Å². The van der Waals surface area contributed by atoms with Gasteiger partial charge in [-0.15, -0.1) is 0 Å². The number of H-pyrrole nitrogens is 1. The molecule has 11 heteroatoms. The lowest BCUT2D eigenvalue weighted by atomic mass is 9.97. The van der Waals surface area contributed by atoms with Gasteiger partial charge in [0.05, 0.1) is 24.0 Å². The number of nitrogens with one attached hydrogen (secondary N) is 3. The maximum Gasteiger partial charge on any atom is 0.389 e. The summed E-state index contributed by atoms with van der Waals surface area (Å²) in [5.41, 5.74) is 1.94. The Morgan fingerprint density at radius 1 is 1.03 bits per heavy atom. The fourth-order valence-corrected chi connectivity index (χ4v) is 3.71. The molecule has 2 aliphatic carbocycles. The number of aromatic nitrogens is 2. The Kier molecular flexibility index (Phi) is 8.38. The fraction of sp³-hybridized carbons (Fsp3) is 0.625. The molecule has 2 amide bonds. The standard InChI is InChI=1S/C18H21F3N4O2.C6H10F2/c1-17(6-7-17)16(27)23-10-14-24-12-3-2-11(8-13(12)25-14)9-22-15(26)4-5-18(19,20)21;7-6(8)4-2-1-3-5-6/h2-3,8H,4-7,9-10H2,1H3,(H,22,26)(H,23,27)(H,24,25);1-5H2. The van der Waals surface area contributed by atoms with Gasteiger partial charge >= 0.3 is 6.18 Å². The predicted molar refractivity (Wildman–Crippen MR) is 120 cm³/mol. The van der Waals surface area contributed by atoms with Gasteiger partial charge in [-0.3, -0.25) is 9.59 Å². The van der Waals surface area contributed by atoms with Crippen LogP contribution in [-0.4, -0.2) is 33.9 Å². The molecule has 0 saturated heterocycles. The Hall–Kier alpha value is -2.72. The van der Waals surface area contributed by atoms with Gasteiger partial charge < -0.3 is 15.6 Å². The van der Waals surface area contributed by atoms with E-state index >= 15 is 0 Å². The van der Waals surface area contributed by atoms with Crippen LogP contribution in [0.4, 0.5) is 22.0 Å². The smallest absolute Gasteiger partial charge is 0.352 e. The molecule has 0 radical (unpaired) electrons. The van der Waals surface area contributed by atoms with Crippen molar-refractivity contribution >= 4 is 22.8 Å². The van der Waals surface area contributed by atoms with E-state index in [0.717, 1.165) is 30.3 Å². The number of imidazole rings is 1. The third-order valence-corrected chi connectivity index (χ3v) is 6.27. The van der Waals surface area contributed by atoms with Gasteiger partial charge in [0.25, 0.3) is 0 Å². The maximum atomic E-state index is 12.2. The number of halogens is 5. The number of hydrogen-bond donors (Lipinski definition) is 3. The van der Waals surface area contributed by atoms with Crippen LogP contribution >= 0.6 is 0 Å². The zero-order chi connectivity index (χ0) is 25.7. The quantitative estimate of drug-likeness (QED) is 0.436. The number of aromatic amines is 1. The molecular weight excluding hydrogens is 471 g/mol. The molecule has 2 fully saturated rings. The van der Waals surface area contributed by atoms with Crippen LogP contribution in [0.5, 0.6) is 0 Å². The Morgan fingerprint density at radius 2 is 1.71 bits per heavy atom. The minimum Gasteiger partial charge on any atom is -0.352 e. The summed E-state index contributed by atoms with van der Waals surface area (Å²) in [7, 11) is 0. The molecule has 4 rings (SSSR count). The summed E-state index contributed by atoms with van der Waals surface area (Å²) in [6.45, 7) is 2.36. The van der Waals surface area contributed by atoms with E-state index in [-0.39, 0.29) is 30.7 Å². The second-order valence-corrected chi connectivity index (χ2v) is 9.59. The van der Waals surface area contributed by atoms with Crippen molar-refractivity contribution in [2.45, 2.75) is 89.9 Å². The number of carbonyl (C=O) groups excluding carboxylic acids is 2. The van der Waals surface area contributed by atoms with E-state index in [1.807, 2.05) is 6.92 Å². The Morgan fingerprint density at radius 3 is 2.29 bits per heavy atom. The van der Waals surface area contributed by atoms with Crippen LogP contribution in [0.15, 0.2) is 18.2 Å². The summed E-state index contributed by atoms with van der Waals surface area (Å²) in [6, 6.07) is 5.29. The molecule has 0 bridgehead atoms. The number of hydrogen-bond acceptors (Lipinski definition) is 3. The van der Waals surface area contributed by atoms with Crippen molar-refractivity contribution in [3.05, 3.63) is 29.6 Å². The molecule has 3 N–H and O–H groups in total. The minimum absolute atomic E-state index is 0.0187. The number of benzene rings is 1. The first-order valence-corrected chi connectivity index (χ1v) is 11.8. The predicted octanol–water partition coefficient (Wildman–Crippen LogP) is 5.52. The van der Waals surface area contributed by atoms with Crippen molar-refractivity contribution in [3.8, 4) is 0 Å². The highest BCUT2D eigenvalue weighted by atomic mass is 19.4. The zero-order valence-electron chi connectivity index (χ0n) is 19.7. The number of nitrogens with zero attached hydrogens (tertiary/aromatic N) is 1. The maximum absolute atomic E-state index is 12.2.